The van der Waals surface area contributed by atoms with E-state index in [0.29, 0.717) is 22.7 Å². The quantitative estimate of drug-likeness (QED) is 0.436. The number of aromatic nitrogens is 1. The van der Waals surface area contributed by atoms with E-state index in [0.717, 1.165) is 0 Å². The summed E-state index contributed by atoms with van der Waals surface area (Å²) in [4.78, 5) is 25.5. The topological polar surface area (TPSA) is 104 Å². The molecule has 4 rings (SSSR count). The van der Waals surface area contributed by atoms with E-state index in [-0.39, 0.29) is 22.7 Å². The highest BCUT2D eigenvalue weighted by Gasteiger charge is 2.24. The van der Waals surface area contributed by atoms with Gasteiger partial charge in [-0.15, -0.1) is 0 Å². The van der Waals surface area contributed by atoms with Crippen molar-refractivity contribution >= 4 is 32.3 Å². The van der Waals surface area contributed by atoms with Gasteiger partial charge in [-0.25, -0.2) is 8.42 Å². The summed E-state index contributed by atoms with van der Waals surface area (Å²) in [6.45, 7) is -0.205. The van der Waals surface area contributed by atoms with Crippen molar-refractivity contribution < 1.29 is 22.7 Å². The summed E-state index contributed by atoms with van der Waals surface area (Å²) in [5.74, 6) is 0.501. The molecule has 0 radical (unpaired) electrons. The van der Waals surface area contributed by atoms with Crippen LogP contribution in [0.1, 0.15) is 0 Å². The lowest BCUT2D eigenvalue weighted by Gasteiger charge is -2.15. The van der Waals surface area contributed by atoms with Crippen LogP contribution in [0.3, 0.4) is 0 Å². The van der Waals surface area contributed by atoms with Gasteiger partial charge in [0.2, 0.25) is 21.2 Å². The largest absolute Gasteiger partial charge is 0.497 e. The molecule has 1 heterocycles. The van der Waals surface area contributed by atoms with Crippen molar-refractivity contribution in [2.45, 2.75) is 16.3 Å². The minimum absolute atomic E-state index is 0.0621. The molecule has 0 spiro atoms. The second-order valence-corrected chi connectivity index (χ2v) is 9.34. The van der Waals surface area contributed by atoms with Crippen LogP contribution in [0, 0.1) is 0 Å². The highest BCUT2D eigenvalue weighted by atomic mass is 32.2. The fourth-order valence-corrected chi connectivity index (χ4v) is 4.93. The zero-order chi connectivity index (χ0) is 24.3. The molecular formula is C25H22N2O6S. The Morgan fingerprint density at radius 1 is 0.912 bits per heavy atom. The Balaban J connectivity index is 1.84. The molecule has 0 atom stereocenters. The summed E-state index contributed by atoms with van der Waals surface area (Å²) >= 11 is 0. The minimum Gasteiger partial charge on any atom is -0.497 e. The number of pyridine rings is 1. The number of ether oxygens (including phenoxy) is 2. The lowest BCUT2D eigenvalue weighted by molar-refractivity contribution is -0.116. The second kappa shape index (κ2) is 9.40. The predicted octanol–water partition coefficient (Wildman–Crippen LogP) is 3.49. The number of benzene rings is 3. The third kappa shape index (κ3) is 4.51. The normalized spacial score (nSPS) is 11.2. The molecule has 0 aliphatic heterocycles. The molecule has 34 heavy (non-hydrogen) atoms. The van der Waals surface area contributed by atoms with E-state index < -0.39 is 20.2 Å². The Hall–Kier alpha value is -4.11. The molecule has 0 unspecified atom stereocenters. The SMILES string of the molecule is COc1ccc(S(=O)(=O)c2cn(CC(=O)Nc3ccccc3)c3ccc(OC)cc3c2=O)cc1. The average molecular weight is 479 g/mol. The molecule has 3 aromatic carbocycles. The van der Waals surface area contributed by atoms with Crippen LogP contribution >= 0.6 is 0 Å². The lowest BCUT2D eigenvalue weighted by atomic mass is 10.2. The summed E-state index contributed by atoms with van der Waals surface area (Å²) in [7, 11) is -1.26. The number of para-hydroxylation sites is 1. The number of methoxy groups -OCH3 is 2. The van der Waals surface area contributed by atoms with Gasteiger partial charge < -0.3 is 19.4 Å². The van der Waals surface area contributed by atoms with E-state index in [1.165, 1.54) is 55.3 Å². The van der Waals surface area contributed by atoms with Gasteiger partial charge in [0.15, 0.2) is 0 Å². The molecule has 0 saturated heterocycles. The van der Waals surface area contributed by atoms with Gasteiger partial charge in [-0.1, -0.05) is 18.2 Å². The summed E-state index contributed by atoms with van der Waals surface area (Å²) in [5, 5.41) is 2.90. The first-order chi connectivity index (χ1) is 16.3. The van der Waals surface area contributed by atoms with Gasteiger partial charge in [0.1, 0.15) is 22.9 Å². The standard InChI is InChI=1S/C25H22N2O6S/c1-32-18-8-11-20(12-9-18)34(30,31)23-15-27(16-24(28)26-17-6-4-3-5-7-17)22-13-10-19(33-2)14-21(22)25(23)29/h3-15H,16H2,1-2H3,(H,26,28). The van der Waals surface area contributed by atoms with Crippen molar-refractivity contribution in [2.75, 3.05) is 19.5 Å². The number of carbonyl (C=O) groups excluding carboxylic acids is 1. The fourth-order valence-electron chi connectivity index (χ4n) is 3.56. The first-order valence-corrected chi connectivity index (χ1v) is 11.8. The van der Waals surface area contributed by atoms with Gasteiger partial charge >= 0.3 is 0 Å². The molecule has 8 nitrogen and oxygen atoms in total. The van der Waals surface area contributed by atoms with Crippen LogP contribution in [0.15, 0.2) is 93.6 Å². The van der Waals surface area contributed by atoms with Crippen molar-refractivity contribution in [3.05, 3.63) is 89.2 Å². The number of fused-ring (bicyclic) bond motifs is 1. The highest BCUT2D eigenvalue weighted by molar-refractivity contribution is 7.91. The van der Waals surface area contributed by atoms with E-state index in [9.17, 15) is 18.0 Å². The van der Waals surface area contributed by atoms with Crippen LogP contribution in [0.25, 0.3) is 10.9 Å². The van der Waals surface area contributed by atoms with Crippen LogP contribution in [0.2, 0.25) is 0 Å². The fraction of sp³-hybridized carbons (Fsp3) is 0.120. The minimum atomic E-state index is -4.18. The number of nitrogens with zero attached hydrogens (tertiary/aromatic N) is 1. The maximum atomic E-state index is 13.4. The maximum Gasteiger partial charge on any atom is 0.244 e. The first-order valence-electron chi connectivity index (χ1n) is 10.3. The van der Waals surface area contributed by atoms with Crippen LogP contribution < -0.4 is 20.2 Å². The number of nitrogens with one attached hydrogen (secondary N) is 1. The van der Waals surface area contributed by atoms with Crippen LogP contribution in [0.4, 0.5) is 5.69 Å². The molecule has 174 valence electrons. The zero-order valence-corrected chi connectivity index (χ0v) is 19.3. The first kappa shape index (κ1) is 23.1. The third-order valence-electron chi connectivity index (χ3n) is 5.29. The Kier molecular flexibility index (Phi) is 6.38. The van der Waals surface area contributed by atoms with Crippen molar-refractivity contribution in [2.24, 2.45) is 0 Å². The van der Waals surface area contributed by atoms with Gasteiger partial charge in [-0.3, -0.25) is 9.59 Å². The molecular weight excluding hydrogens is 456 g/mol. The zero-order valence-electron chi connectivity index (χ0n) is 18.5. The summed E-state index contributed by atoms with van der Waals surface area (Å²) < 4.78 is 38.5. The number of carbonyl (C=O) groups is 1. The number of sulfone groups is 1. The Bertz CT molecular complexity index is 1510. The van der Waals surface area contributed by atoms with Gasteiger partial charge in [-0.2, -0.15) is 0 Å². The Labute approximate surface area is 196 Å². The number of amides is 1. The molecule has 0 bridgehead atoms. The molecule has 0 aliphatic rings. The van der Waals surface area contributed by atoms with Crippen LogP contribution in [-0.2, 0) is 21.2 Å². The Morgan fingerprint density at radius 2 is 1.56 bits per heavy atom. The van der Waals surface area contributed by atoms with Gasteiger partial charge in [0.05, 0.1) is 30.0 Å². The number of hydrogen-bond donors (Lipinski definition) is 1. The smallest absolute Gasteiger partial charge is 0.244 e. The molecule has 9 heteroatoms. The number of hydrogen-bond acceptors (Lipinski definition) is 6. The summed E-state index contributed by atoms with van der Waals surface area (Å²) in [6.07, 6.45) is 1.21. The molecule has 0 fully saturated rings. The van der Waals surface area contributed by atoms with E-state index in [2.05, 4.69) is 5.32 Å². The van der Waals surface area contributed by atoms with Crippen LogP contribution in [-0.4, -0.2) is 33.1 Å². The lowest BCUT2D eigenvalue weighted by Crippen LogP contribution is -2.24. The summed E-state index contributed by atoms with van der Waals surface area (Å²) in [6, 6.07) is 19.4. The molecule has 1 amide bonds. The predicted molar refractivity (Wildman–Crippen MR) is 128 cm³/mol. The summed E-state index contributed by atoms with van der Waals surface area (Å²) in [5.41, 5.74) is 0.331. The van der Waals surface area contributed by atoms with E-state index in [4.69, 9.17) is 9.47 Å². The average Bonchev–Trinajstić information content (AvgIpc) is 2.86. The van der Waals surface area contributed by atoms with Gasteiger partial charge in [0.25, 0.3) is 0 Å². The Morgan fingerprint density at radius 3 is 2.21 bits per heavy atom. The van der Waals surface area contributed by atoms with E-state index in [1.807, 2.05) is 6.07 Å². The van der Waals surface area contributed by atoms with Crippen LogP contribution in [0.5, 0.6) is 11.5 Å². The van der Waals surface area contributed by atoms with E-state index in [1.54, 1.807) is 36.4 Å². The maximum absolute atomic E-state index is 13.4. The molecule has 1 aromatic heterocycles. The molecule has 4 aromatic rings. The van der Waals surface area contributed by atoms with E-state index >= 15 is 0 Å². The third-order valence-corrected chi connectivity index (χ3v) is 7.05. The van der Waals surface area contributed by atoms with Gasteiger partial charge in [-0.05, 0) is 54.6 Å². The van der Waals surface area contributed by atoms with Gasteiger partial charge in [0, 0.05) is 11.9 Å². The van der Waals surface area contributed by atoms with Crippen molar-refractivity contribution in [3.63, 3.8) is 0 Å². The highest BCUT2D eigenvalue weighted by Crippen LogP contribution is 2.25. The van der Waals surface area contributed by atoms with Crippen molar-refractivity contribution in [1.29, 1.82) is 0 Å². The number of anilines is 1. The number of rotatable bonds is 7. The second-order valence-electron chi connectivity index (χ2n) is 7.43. The molecule has 1 N–H and O–H groups in total. The van der Waals surface area contributed by atoms with Crippen molar-refractivity contribution in [1.82, 2.24) is 4.57 Å². The molecule has 0 saturated carbocycles. The monoisotopic (exact) mass is 478 g/mol. The van der Waals surface area contributed by atoms with Crippen molar-refractivity contribution in [3.8, 4) is 11.5 Å². The molecule has 0 aliphatic carbocycles.